The van der Waals surface area contributed by atoms with Gasteiger partial charge in [-0.1, -0.05) is 44.2 Å². The lowest BCUT2D eigenvalue weighted by Gasteiger charge is -2.38. The van der Waals surface area contributed by atoms with E-state index in [9.17, 15) is 4.79 Å². The lowest BCUT2D eigenvalue weighted by molar-refractivity contribution is -0.125. The average Bonchev–Trinajstić information content (AvgIpc) is 2.48. The van der Waals surface area contributed by atoms with Crippen LogP contribution in [-0.2, 0) is 4.79 Å². The third kappa shape index (κ3) is 4.55. The van der Waals surface area contributed by atoms with Crippen molar-refractivity contribution in [1.29, 1.82) is 0 Å². The van der Waals surface area contributed by atoms with E-state index in [0.717, 1.165) is 26.1 Å². The van der Waals surface area contributed by atoms with E-state index in [-0.39, 0.29) is 17.9 Å². The molecule has 1 amide bonds. The monoisotopic (exact) mass is 289 g/mol. The summed E-state index contributed by atoms with van der Waals surface area (Å²) in [5.74, 6) is 0.635. The number of hydrogen-bond donors (Lipinski definition) is 2. The fraction of sp³-hybridized carbons (Fsp3) is 0.588. The minimum atomic E-state index is 0.0325. The van der Waals surface area contributed by atoms with Crippen LogP contribution in [0.4, 0.5) is 0 Å². The van der Waals surface area contributed by atoms with Crippen LogP contribution in [0, 0.1) is 5.92 Å². The molecule has 21 heavy (non-hydrogen) atoms. The number of carbonyl (C=O) groups excluding carboxylic acids is 1. The third-order valence-electron chi connectivity index (χ3n) is 4.11. The molecule has 2 rings (SSSR count). The number of nitrogens with two attached hydrogens (primary N) is 1. The summed E-state index contributed by atoms with van der Waals surface area (Å²) >= 11 is 0. The number of rotatable bonds is 5. The smallest absolute Gasteiger partial charge is 0.222 e. The zero-order valence-corrected chi connectivity index (χ0v) is 13.1. The first kappa shape index (κ1) is 16.0. The van der Waals surface area contributed by atoms with Crippen LogP contribution >= 0.6 is 0 Å². The fourth-order valence-electron chi connectivity index (χ4n) is 2.99. The van der Waals surface area contributed by atoms with Crippen LogP contribution in [0.25, 0.3) is 0 Å². The maximum Gasteiger partial charge on any atom is 0.222 e. The van der Waals surface area contributed by atoms with Gasteiger partial charge in [0.05, 0.1) is 0 Å². The predicted octanol–water partition coefficient (Wildman–Crippen LogP) is 1.58. The second kappa shape index (κ2) is 7.57. The molecule has 0 bridgehead atoms. The summed E-state index contributed by atoms with van der Waals surface area (Å²) in [5.41, 5.74) is 7.06. The molecule has 1 heterocycles. The van der Waals surface area contributed by atoms with Crippen LogP contribution < -0.4 is 11.1 Å². The molecule has 2 unspecified atom stereocenters. The standard InChI is InChI=1S/C17H27N3O/c1-13(2)17(21)19-16-10-15(11-20(12-16)9-8-18)14-6-4-3-5-7-14/h3-7,13,15-16H,8-12,18H2,1-2H3,(H,19,21). The van der Waals surface area contributed by atoms with Gasteiger partial charge in [0.25, 0.3) is 0 Å². The van der Waals surface area contributed by atoms with Crippen molar-refractivity contribution in [2.75, 3.05) is 26.2 Å². The van der Waals surface area contributed by atoms with E-state index in [0.29, 0.717) is 12.5 Å². The largest absolute Gasteiger partial charge is 0.352 e. The summed E-state index contributed by atoms with van der Waals surface area (Å²) in [6.07, 6.45) is 1.00. The van der Waals surface area contributed by atoms with Gasteiger partial charge < -0.3 is 11.1 Å². The minimum absolute atomic E-state index is 0.0325. The van der Waals surface area contributed by atoms with Crippen molar-refractivity contribution in [3.8, 4) is 0 Å². The Kier molecular flexibility index (Phi) is 5.76. The topological polar surface area (TPSA) is 58.4 Å². The molecule has 1 saturated heterocycles. The lowest BCUT2D eigenvalue weighted by Crippen LogP contribution is -2.51. The number of amides is 1. The van der Waals surface area contributed by atoms with Crippen molar-refractivity contribution in [1.82, 2.24) is 10.2 Å². The zero-order chi connectivity index (χ0) is 15.2. The lowest BCUT2D eigenvalue weighted by atomic mass is 9.88. The van der Waals surface area contributed by atoms with Gasteiger partial charge >= 0.3 is 0 Å². The molecule has 0 aliphatic carbocycles. The molecular weight excluding hydrogens is 262 g/mol. The van der Waals surface area contributed by atoms with Gasteiger partial charge in [-0.15, -0.1) is 0 Å². The second-order valence-corrected chi connectivity index (χ2v) is 6.25. The molecule has 116 valence electrons. The number of nitrogens with zero attached hydrogens (tertiary/aromatic N) is 1. The molecule has 1 fully saturated rings. The Labute approximate surface area is 127 Å². The number of likely N-dealkylation sites (tertiary alicyclic amines) is 1. The van der Waals surface area contributed by atoms with Gasteiger partial charge in [0.15, 0.2) is 0 Å². The van der Waals surface area contributed by atoms with Crippen LogP contribution in [0.3, 0.4) is 0 Å². The molecule has 1 aromatic carbocycles. The number of piperidine rings is 1. The zero-order valence-electron chi connectivity index (χ0n) is 13.1. The van der Waals surface area contributed by atoms with Gasteiger partial charge in [0, 0.05) is 38.1 Å². The van der Waals surface area contributed by atoms with Crippen molar-refractivity contribution in [2.24, 2.45) is 11.7 Å². The van der Waals surface area contributed by atoms with Crippen LogP contribution in [0.15, 0.2) is 30.3 Å². The fourth-order valence-corrected chi connectivity index (χ4v) is 2.99. The van der Waals surface area contributed by atoms with Crippen molar-refractivity contribution < 1.29 is 4.79 Å². The summed E-state index contributed by atoms with van der Waals surface area (Å²) < 4.78 is 0. The van der Waals surface area contributed by atoms with Gasteiger partial charge in [0.1, 0.15) is 0 Å². The van der Waals surface area contributed by atoms with E-state index < -0.39 is 0 Å². The van der Waals surface area contributed by atoms with E-state index >= 15 is 0 Å². The van der Waals surface area contributed by atoms with Crippen molar-refractivity contribution in [2.45, 2.75) is 32.2 Å². The molecule has 0 saturated carbocycles. The van der Waals surface area contributed by atoms with Gasteiger partial charge in [-0.25, -0.2) is 0 Å². The Morgan fingerprint density at radius 3 is 2.67 bits per heavy atom. The predicted molar refractivity (Wildman–Crippen MR) is 86.1 cm³/mol. The highest BCUT2D eigenvalue weighted by Gasteiger charge is 2.29. The molecular formula is C17H27N3O. The second-order valence-electron chi connectivity index (χ2n) is 6.25. The minimum Gasteiger partial charge on any atom is -0.352 e. The number of benzene rings is 1. The molecule has 0 aromatic heterocycles. The maximum atomic E-state index is 12.0. The Bertz CT molecular complexity index is 447. The highest BCUT2D eigenvalue weighted by atomic mass is 16.1. The number of carbonyl (C=O) groups is 1. The summed E-state index contributed by atoms with van der Waals surface area (Å²) in [6, 6.07) is 10.8. The third-order valence-corrected chi connectivity index (χ3v) is 4.11. The van der Waals surface area contributed by atoms with E-state index in [2.05, 4.69) is 34.5 Å². The Hall–Kier alpha value is -1.39. The molecule has 4 nitrogen and oxygen atoms in total. The highest BCUT2D eigenvalue weighted by molar-refractivity contribution is 5.78. The van der Waals surface area contributed by atoms with Gasteiger partial charge in [-0.3, -0.25) is 9.69 Å². The molecule has 1 aliphatic rings. The van der Waals surface area contributed by atoms with Crippen molar-refractivity contribution >= 4 is 5.91 Å². The summed E-state index contributed by atoms with van der Waals surface area (Å²) in [4.78, 5) is 14.3. The van der Waals surface area contributed by atoms with E-state index in [4.69, 9.17) is 5.73 Å². The molecule has 2 atom stereocenters. The van der Waals surface area contributed by atoms with E-state index in [1.165, 1.54) is 5.56 Å². The summed E-state index contributed by atoms with van der Waals surface area (Å²) in [6.45, 7) is 7.34. The van der Waals surface area contributed by atoms with Gasteiger partial charge in [0.2, 0.25) is 5.91 Å². The highest BCUT2D eigenvalue weighted by Crippen LogP contribution is 2.27. The number of hydrogen-bond acceptors (Lipinski definition) is 3. The molecule has 3 N–H and O–H groups in total. The molecule has 1 aromatic rings. The molecule has 4 heteroatoms. The molecule has 0 spiro atoms. The molecule has 1 aliphatic heterocycles. The Balaban J connectivity index is 2.06. The number of nitrogens with one attached hydrogen (secondary N) is 1. The van der Waals surface area contributed by atoms with Crippen LogP contribution in [0.5, 0.6) is 0 Å². The summed E-state index contributed by atoms with van der Waals surface area (Å²) in [7, 11) is 0. The first-order valence-electron chi connectivity index (χ1n) is 7.88. The first-order chi connectivity index (χ1) is 10.1. The Morgan fingerprint density at radius 2 is 2.05 bits per heavy atom. The van der Waals surface area contributed by atoms with Crippen molar-refractivity contribution in [3.63, 3.8) is 0 Å². The molecule has 0 radical (unpaired) electrons. The van der Waals surface area contributed by atoms with Crippen LogP contribution in [0.1, 0.15) is 31.7 Å². The summed E-state index contributed by atoms with van der Waals surface area (Å²) in [5, 5.41) is 3.19. The average molecular weight is 289 g/mol. The quantitative estimate of drug-likeness (QED) is 0.865. The Morgan fingerprint density at radius 1 is 1.33 bits per heavy atom. The first-order valence-corrected chi connectivity index (χ1v) is 7.88. The van der Waals surface area contributed by atoms with Crippen LogP contribution in [-0.4, -0.2) is 43.0 Å². The SMILES string of the molecule is CC(C)C(=O)NC1CC(c2ccccc2)CN(CCN)C1. The van der Waals surface area contributed by atoms with Crippen LogP contribution in [0.2, 0.25) is 0 Å². The maximum absolute atomic E-state index is 12.0. The normalized spacial score (nSPS) is 23.2. The van der Waals surface area contributed by atoms with Gasteiger partial charge in [-0.05, 0) is 17.9 Å². The van der Waals surface area contributed by atoms with E-state index in [1.807, 2.05) is 19.9 Å². The van der Waals surface area contributed by atoms with Crippen molar-refractivity contribution in [3.05, 3.63) is 35.9 Å². The van der Waals surface area contributed by atoms with E-state index in [1.54, 1.807) is 0 Å². The van der Waals surface area contributed by atoms with Gasteiger partial charge in [-0.2, -0.15) is 0 Å².